The van der Waals surface area contributed by atoms with Gasteiger partial charge in [0.25, 0.3) is 0 Å². The van der Waals surface area contributed by atoms with E-state index in [2.05, 4.69) is 45.4 Å². The molecule has 2 aromatic heterocycles. The molecule has 1 unspecified atom stereocenters. The van der Waals surface area contributed by atoms with E-state index in [-0.39, 0.29) is 5.91 Å². The number of fused-ring (bicyclic) bond motifs is 1. The Labute approximate surface area is 192 Å². The molecule has 0 saturated carbocycles. The zero-order valence-electron chi connectivity index (χ0n) is 18.7. The Kier molecular flexibility index (Phi) is 6.82. The second-order valence-electron chi connectivity index (χ2n) is 8.51. The van der Waals surface area contributed by atoms with Gasteiger partial charge >= 0.3 is 0 Å². The minimum Gasteiger partial charge on any atom is -0.325 e. The van der Waals surface area contributed by atoms with E-state index in [1.807, 2.05) is 37.3 Å². The summed E-state index contributed by atoms with van der Waals surface area (Å²) in [6, 6.07) is 6.10. The fourth-order valence-corrected chi connectivity index (χ4v) is 6.08. The Hall–Kier alpha value is -2.12. The van der Waals surface area contributed by atoms with Crippen molar-refractivity contribution < 1.29 is 4.79 Å². The summed E-state index contributed by atoms with van der Waals surface area (Å²) in [6.45, 7) is 9.39. The maximum absolute atomic E-state index is 12.6. The second-order valence-corrected chi connectivity index (χ2v) is 10.4. The van der Waals surface area contributed by atoms with E-state index < -0.39 is 0 Å². The SMILES string of the molecule is CCCn1c(SCC(=O)Nc2cc(C)ccc2C)nnc1-c1csc2c1CCC(C)C2. The van der Waals surface area contributed by atoms with Crippen molar-refractivity contribution in [3.63, 3.8) is 0 Å². The highest BCUT2D eigenvalue weighted by atomic mass is 32.2. The van der Waals surface area contributed by atoms with Crippen molar-refractivity contribution in [2.24, 2.45) is 5.92 Å². The lowest BCUT2D eigenvalue weighted by Gasteiger charge is -2.19. The third-order valence-electron chi connectivity index (χ3n) is 5.81. The van der Waals surface area contributed by atoms with Crippen LogP contribution in [0.1, 0.15) is 48.3 Å². The number of nitrogens with one attached hydrogen (secondary N) is 1. The normalized spacial score (nSPS) is 15.7. The average molecular weight is 455 g/mol. The summed E-state index contributed by atoms with van der Waals surface area (Å²) in [7, 11) is 0. The number of aromatic nitrogens is 3. The maximum Gasteiger partial charge on any atom is 0.234 e. The van der Waals surface area contributed by atoms with Gasteiger partial charge in [0.15, 0.2) is 11.0 Å². The summed E-state index contributed by atoms with van der Waals surface area (Å²) < 4.78 is 2.19. The molecule has 0 bridgehead atoms. The lowest BCUT2D eigenvalue weighted by atomic mass is 9.88. The number of anilines is 1. The summed E-state index contributed by atoms with van der Waals surface area (Å²) in [5.74, 6) is 2.00. The largest absolute Gasteiger partial charge is 0.325 e. The summed E-state index contributed by atoms with van der Waals surface area (Å²) in [5.41, 5.74) is 5.77. The molecule has 0 aliphatic heterocycles. The van der Waals surface area contributed by atoms with Gasteiger partial charge in [0, 0.05) is 28.1 Å². The Morgan fingerprint density at radius 3 is 2.97 bits per heavy atom. The predicted octanol–water partition coefficient (Wildman–Crippen LogP) is 5.89. The molecule has 7 heteroatoms. The molecule has 0 saturated heterocycles. The summed E-state index contributed by atoms with van der Waals surface area (Å²) in [5, 5.41) is 15.1. The number of rotatable bonds is 7. The average Bonchev–Trinajstić information content (AvgIpc) is 3.32. The van der Waals surface area contributed by atoms with Crippen LogP contribution in [0.15, 0.2) is 28.7 Å². The van der Waals surface area contributed by atoms with Crippen LogP contribution in [-0.4, -0.2) is 26.4 Å². The standard InChI is InChI=1S/C24H30N4OS2/c1-5-10-28-23(19-13-30-21-12-16(3)7-9-18(19)21)26-27-24(28)31-14-22(29)25-20-11-15(2)6-8-17(20)4/h6,8,11,13,16H,5,7,9-10,12,14H2,1-4H3,(H,25,29). The Morgan fingerprint density at radius 1 is 1.32 bits per heavy atom. The van der Waals surface area contributed by atoms with Crippen molar-refractivity contribution in [3.05, 3.63) is 45.1 Å². The van der Waals surface area contributed by atoms with Crippen LogP contribution in [0, 0.1) is 19.8 Å². The molecule has 1 atom stereocenters. The fourth-order valence-electron chi connectivity index (χ4n) is 4.07. The molecule has 31 heavy (non-hydrogen) atoms. The van der Waals surface area contributed by atoms with Crippen LogP contribution in [0.3, 0.4) is 0 Å². The van der Waals surface area contributed by atoms with Crippen molar-refractivity contribution in [2.75, 3.05) is 11.1 Å². The van der Waals surface area contributed by atoms with E-state index in [1.165, 1.54) is 40.6 Å². The van der Waals surface area contributed by atoms with Crippen LogP contribution in [0.25, 0.3) is 11.4 Å². The first kappa shape index (κ1) is 22.1. The molecule has 1 N–H and O–H groups in total. The number of thioether (sulfide) groups is 1. The number of thiophene rings is 1. The molecule has 0 radical (unpaired) electrons. The number of aryl methyl sites for hydroxylation is 2. The molecule has 4 rings (SSSR count). The molecule has 1 aliphatic rings. The number of hydrogen-bond donors (Lipinski definition) is 1. The number of amides is 1. The van der Waals surface area contributed by atoms with Crippen molar-refractivity contribution >= 4 is 34.7 Å². The zero-order valence-corrected chi connectivity index (χ0v) is 20.3. The lowest BCUT2D eigenvalue weighted by molar-refractivity contribution is -0.113. The fraction of sp³-hybridized carbons (Fsp3) is 0.458. The number of benzene rings is 1. The van der Waals surface area contributed by atoms with Gasteiger partial charge in [-0.15, -0.1) is 21.5 Å². The molecule has 164 valence electrons. The molecule has 0 fully saturated rings. The van der Waals surface area contributed by atoms with E-state index in [9.17, 15) is 4.79 Å². The van der Waals surface area contributed by atoms with Gasteiger partial charge in [-0.25, -0.2) is 0 Å². The minimum atomic E-state index is -0.0202. The van der Waals surface area contributed by atoms with Crippen LogP contribution in [0.2, 0.25) is 0 Å². The van der Waals surface area contributed by atoms with Gasteiger partial charge in [-0.1, -0.05) is 37.7 Å². The Morgan fingerprint density at radius 2 is 2.16 bits per heavy atom. The molecule has 1 aliphatic carbocycles. The third-order valence-corrected chi connectivity index (χ3v) is 7.82. The van der Waals surface area contributed by atoms with Gasteiger partial charge in [-0.05, 0) is 68.2 Å². The van der Waals surface area contributed by atoms with Gasteiger partial charge in [0.05, 0.1) is 5.75 Å². The number of carbonyl (C=O) groups excluding carboxylic acids is 1. The molecular weight excluding hydrogens is 424 g/mol. The summed E-state index contributed by atoms with van der Waals surface area (Å²) in [4.78, 5) is 14.1. The van der Waals surface area contributed by atoms with Crippen molar-refractivity contribution in [3.8, 4) is 11.4 Å². The van der Waals surface area contributed by atoms with Gasteiger partial charge in [-0.2, -0.15) is 0 Å². The smallest absolute Gasteiger partial charge is 0.234 e. The maximum atomic E-state index is 12.6. The van der Waals surface area contributed by atoms with Crippen molar-refractivity contribution in [1.29, 1.82) is 0 Å². The number of nitrogens with zero attached hydrogens (tertiary/aromatic N) is 3. The molecule has 3 aromatic rings. The zero-order chi connectivity index (χ0) is 22.0. The van der Waals surface area contributed by atoms with Gasteiger partial charge in [0.1, 0.15) is 0 Å². The quantitative estimate of drug-likeness (QED) is 0.452. The van der Waals surface area contributed by atoms with Crippen LogP contribution >= 0.6 is 23.1 Å². The molecule has 1 amide bonds. The highest BCUT2D eigenvalue weighted by Gasteiger charge is 2.24. The number of hydrogen-bond acceptors (Lipinski definition) is 5. The van der Waals surface area contributed by atoms with Crippen LogP contribution < -0.4 is 5.32 Å². The summed E-state index contributed by atoms with van der Waals surface area (Å²) in [6.07, 6.45) is 4.52. The van der Waals surface area contributed by atoms with Crippen LogP contribution in [0.5, 0.6) is 0 Å². The number of carbonyl (C=O) groups is 1. The van der Waals surface area contributed by atoms with E-state index in [1.54, 1.807) is 0 Å². The van der Waals surface area contributed by atoms with E-state index in [0.29, 0.717) is 5.75 Å². The third kappa shape index (κ3) is 4.88. The van der Waals surface area contributed by atoms with Crippen molar-refractivity contribution in [1.82, 2.24) is 14.8 Å². The van der Waals surface area contributed by atoms with Gasteiger partial charge in [0.2, 0.25) is 5.91 Å². The van der Waals surface area contributed by atoms with E-state index in [0.717, 1.165) is 53.1 Å². The monoisotopic (exact) mass is 454 g/mol. The lowest BCUT2D eigenvalue weighted by Crippen LogP contribution is -2.15. The Bertz CT molecular complexity index is 1090. The minimum absolute atomic E-state index is 0.0202. The first-order valence-electron chi connectivity index (χ1n) is 11.0. The second kappa shape index (κ2) is 9.57. The van der Waals surface area contributed by atoms with Crippen molar-refractivity contribution in [2.45, 2.75) is 65.1 Å². The first-order valence-corrected chi connectivity index (χ1v) is 12.9. The van der Waals surface area contributed by atoms with Crippen LogP contribution in [0.4, 0.5) is 5.69 Å². The van der Waals surface area contributed by atoms with E-state index >= 15 is 0 Å². The molecule has 5 nitrogen and oxygen atoms in total. The molecule has 0 spiro atoms. The molecular formula is C24H30N4OS2. The van der Waals surface area contributed by atoms with E-state index in [4.69, 9.17) is 0 Å². The Balaban J connectivity index is 1.50. The molecule has 1 aromatic carbocycles. The predicted molar refractivity (Wildman–Crippen MR) is 130 cm³/mol. The van der Waals surface area contributed by atoms with Crippen LogP contribution in [-0.2, 0) is 24.2 Å². The van der Waals surface area contributed by atoms with Gasteiger partial charge in [-0.3, -0.25) is 4.79 Å². The van der Waals surface area contributed by atoms with Gasteiger partial charge < -0.3 is 9.88 Å². The highest BCUT2D eigenvalue weighted by molar-refractivity contribution is 7.99. The summed E-state index contributed by atoms with van der Waals surface area (Å²) >= 11 is 3.32. The highest BCUT2D eigenvalue weighted by Crippen LogP contribution is 2.38. The topological polar surface area (TPSA) is 59.8 Å². The molecule has 2 heterocycles. The first-order chi connectivity index (χ1) is 15.0.